The highest BCUT2D eigenvalue weighted by molar-refractivity contribution is 9.10. The van der Waals surface area contributed by atoms with Crippen molar-refractivity contribution in [2.24, 2.45) is 5.92 Å². The first kappa shape index (κ1) is 15.8. The summed E-state index contributed by atoms with van der Waals surface area (Å²) in [6.45, 7) is 6.23. The summed E-state index contributed by atoms with van der Waals surface area (Å²) >= 11 is 3.51. The van der Waals surface area contributed by atoms with Crippen molar-refractivity contribution in [3.63, 3.8) is 0 Å². The molecule has 2 aromatic rings. The van der Waals surface area contributed by atoms with E-state index in [1.807, 2.05) is 23.6 Å². The molecule has 0 saturated carbocycles. The Morgan fingerprint density at radius 1 is 1.52 bits per heavy atom. The van der Waals surface area contributed by atoms with Crippen molar-refractivity contribution in [3.8, 4) is 0 Å². The van der Waals surface area contributed by atoms with E-state index in [2.05, 4.69) is 40.1 Å². The number of aromatic nitrogens is 2. The van der Waals surface area contributed by atoms with Crippen LogP contribution in [0.2, 0.25) is 0 Å². The standard InChI is InChI=1S/C14H19BrN4O2/c1-8(2)4-11-14(16-6-13(20)18-21)19-7-10(15)9(3)5-12(19)17-11/h5,7-8,16,21H,4,6H2,1-3H3,(H,18,20). The molecule has 0 aromatic carbocycles. The van der Waals surface area contributed by atoms with Gasteiger partial charge in [-0.25, -0.2) is 10.5 Å². The molecule has 0 aliphatic heterocycles. The molecule has 114 valence electrons. The van der Waals surface area contributed by atoms with Crippen molar-refractivity contribution in [2.75, 3.05) is 11.9 Å². The first-order valence-corrected chi connectivity index (χ1v) is 7.55. The Balaban J connectivity index is 2.46. The number of imidazole rings is 1. The predicted molar refractivity (Wildman–Crippen MR) is 84.6 cm³/mol. The third-order valence-electron chi connectivity index (χ3n) is 3.12. The number of halogens is 1. The van der Waals surface area contributed by atoms with Crippen LogP contribution in [0.15, 0.2) is 16.7 Å². The van der Waals surface area contributed by atoms with Gasteiger partial charge in [0.25, 0.3) is 5.91 Å². The molecular weight excluding hydrogens is 336 g/mol. The molecule has 0 spiro atoms. The minimum Gasteiger partial charge on any atom is -0.360 e. The van der Waals surface area contributed by atoms with Gasteiger partial charge in [-0.1, -0.05) is 13.8 Å². The summed E-state index contributed by atoms with van der Waals surface area (Å²) in [5, 5.41) is 11.6. The molecule has 21 heavy (non-hydrogen) atoms. The van der Waals surface area contributed by atoms with Gasteiger partial charge in [-0.05, 0) is 46.8 Å². The fourth-order valence-electron chi connectivity index (χ4n) is 2.13. The summed E-state index contributed by atoms with van der Waals surface area (Å²) in [6, 6.07) is 1.99. The maximum Gasteiger partial charge on any atom is 0.262 e. The highest BCUT2D eigenvalue weighted by Gasteiger charge is 2.15. The molecule has 0 aliphatic carbocycles. The molecule has 1 amide bonds. The topological polar surface area (TPSA) is 78.7 Å². The van der Waals surface area contributed by atoms with Crippen molar-refractivity contribution < 1.29 is 10.0 Å². The van der Waals surface area contributed by atoms with Crippen LogP contribution in [0.1, 0.15) is 25.1 Å². The number of amides is 1. The number of hydrogen-bond acceptors (Lipinski definition) is 4. The molecular formula is C14H19BrN4O2. The van der Waals surface area contributed by atoms with Gasteiger partial charge < -0.3 is 5.32 Å². The van der Waals surface area contributed by atoms with Crippen LogP contribution < -0.4 is 10.8 Å². The first-order valence-electron chi connectivity index (χ1n) is 6.76. The molecule has 0 radical (unpaired) electrons. The van der Waals surface area contributed by atoms with Crippen molar-refractivity contribution in [2.45, 2.75) is 27.2 Å². The molecule has 3 N–H and O–H groups in total. The summed E-state index contributed by atoms with van der Waals surface area (Å²) < 4.78 is 2.89. The number of anilines is 1. The summed E-state index contributed by atoms with van der Waals surface area (Å²) in [7, 11) is 0. The summed E-state index contributed by atoms with van der Waals surface area (Å²) in [6.07, 6.45) is 2.74. The van der Waals surface area contributed by atoms with Gasteiger partial charge in [-0.2, -0.15) is 0 Å². The Bertz CT molecular complexity index is 667. The van der Waals surface area contributed by atoms with Crippen LogP contribution in [0, 0.1) is 12.8 Å². The minimum atomic E-state index is -0.494. The second-order valence-corrected chi connectivity index (χ2v) is 6.28. The molecule has 2 aromatic heterocycles. The summed E-state index contributed by atoms with van der Waals surface area (Å²) in [5.74, 6) is 0.737. The number of carbonyl (C=O) groups is 1. The van der Waals surface area contributed by atoms with E-state index < -0.39 is 5.91 Å². The van der Waals surface area contributed by atoms with Crippen molar-refractivity contribution in [1.29, 1.82) is 0 Å². The molecule has 2 rings (SSSR count). The third-order valence-corrected chi connectivity index (χ3v) is 3.95. The lowest BCUT2D eigenvalue weighted by molar-refractivity contribution is -0.127. The molecule has 0 saturated heterocycles. The number of fused-ring (bicyclic) bond motifs is 1. The molecule has 0 atom stereocenters. The Morgan fingerprint density at radius 2 is 2.24 bits per heavy atom. The van der Waals surface area contributed by atoms with Gasteiger partial charge >= 0.3 is 0 Å². The van der Waals surface area contributed by atoms with E-state index in [0.717, 1.165) is 33.6 Å². The zero-order valence-corrected chi connectivity index (χ0v) is 13.9. The smallest absolute Gasteiger partial charge is 0.262 e. The number of nitrogens with zero attached hydrogens (tertiary/aromatic N) is 2. The Kier molecular flexibility index (Phi) is 4.84. The number of hydroxylamine groups is 1. The molecule has 0 bridgehead atoms. The highest BCUT2D eigenvalue weighted by atomic mass is 79.9. The third kappa shape index (κ3) is 3.54. The lowest BCUT2D eigenvalue weighted by atomic mass is 10.1. The van der Waals surface area contributed by atoms with E-state index in [-0.39, 0.29) is 6.54 Å². The van der Waals surface area contributed by atoms with Gasteiger partial charge in [0.1, 0.15) is 11.5 Å². The van der Waals surface area contributed by atoms with Crippen LogP contribution in [0.5, 0.6) is 0 Å². The van der Waals surface area contributed by atoms with Crippen molar-refractivity contribution >= 4 is 33.3 Å². The van der Waals surface area contributed by atoms with Gasteiger partial charge in [0, 0.05) is 10.7 Å². The molecule has 0 aliphatic rings. The number of aryl methyl sites for hydroxylation is 1. The second kappa shape index (κ2) is 6.44. The van der Waals surface area contributed by atoms with Crippen molar-refractivity contribution in [3.05, 3.63) is 28.0 Å². The van der Waals surface area contributed by atoms with Crippen LogP contribution >= 0.6 is 15.9 Å². The fourth-order valence-corrected chi connectivity index (χ4v) is 2.45. The van der Waals surface area contributed by atoms with Gasteiger partial charge in [0.15, 0.2) is 0 Å². The number of hydrogen-bond donors (Lipinski definition) is 3. The summed E-state index contributed by atoms with van der Waals surface area (Å²) in [4.78, 5) is 15.9. The summed E-state index contributed by atoms with van der Waals surface area (Å²) in [5.41, 5.74) is 4.46. The van der Waals surface area contributed by atoms with Gasteiger partial charge in [0.2, 0.25) is 0 Å². The van der Waals surface area contributed by atoms with E-state index in [1.165, 1.54) is 0 Å². The first-order chi connectivity index (χ1) is 9.92. The highest BCUT2D eigenvalue weighted by Crippen LogP contribution is 2.25. The van der Waals surface area contributed by atoms with Crippen LogP contribution in [0.4, 0.5) is 5.82 Å². The maximum atomic E-state index is 11.2. The predicted octanol–water partition coefficient (Wildman–Crippen LogP) is 2.52. The molecule has 6 nitrogen and oxygen atoms in total. The number of carbonyl (C=O) groups excluding carboxylic acids is 1. The second-order valence-electron chi connectivity index (χ2n) is 5.43. The average Bonchev–Trinajstić information content (AvgIpc) is 2.72. The van der Waals surface area contributed by atoms with Crippen molar-refractivity contribution in [1.82, 2.24) is 14.9 Å². The van der Waals surface area contributed by atoms with Gasteiger partial charge in [-0.3, -0.25) is 14.4 Å². The van der Waals surface area contributed by atoms with E-state index in [0.29, 0.717) is 5.92 Å². The zero-order chi connectivity index (χ0) is 15.6. The molecule has 2 heterocycles. The SMILES string of the molecule is Cc1cc2nc(CC(C)C)c(NCC(=O)NO)n2cc1Br. The maximum absolute atomic E-state index is 11.2. The van der Waals surface area contributed by atoms with E-state index >= 15 is 0 Å². The lowest BCUT2D eigenvalue weighted by Crippen LogP contribution is -2.27. The fraction of sp³-hybridized carbons (Fsp3) is 0.429. The van der Waals surface area contributed by atoms with E-state index in [4.69, 9.17) is 5.21 Å². The number of rotatable bonds is 5. The quantitative estimate of drug-likeness (QED) is 0.569. The Labute approximate surface area is 131 Å². The average molecular weight is 355 g/mol. The number of nitrogens with one attached hydrogen (secondary N) is 2. The molecule has 0 fully saturated rings. The normalized spacial score (nSPS) is 11.1. The number of pyridine rings is 1. The lowest BCUT2D eigenvalue weighted by Gasteiger charge is -2.09. The van der Waals surface area contributed by atoms with Crippen LogP contribution in [0.25, 0.3) is 5.65 Å². The van der Waals surface area contributed by atoms with Crippen LogP contribution in [-0.4, -0.2) is 27.0 Å². The van der Waals surface area contributed by atoms with Crippen LogP contribution in [-0.2, 0) is 11.2 Å². The van der Waals surface area contributed by atoms with E-state index in [1.54, 1.807) is 5.48 Å². The zero-order valence-electron chi connectivity index (χ0n) is 12.3. The van der Waals surface area contributed by atoms with Gasteiger partial charge in [-0.15, -0.1) is 0 Å². The monoisotopic (exact) mass is 354 g/mol. The Morgan fingerprint density at radius 3 is 2.86 bits per heavy atom. The molecule has 0 unspecified atom stereocenters. The van der Waals surface area contributed by atoms with Gasteiger partial charge in [0.05, 0.1) is 12.2 Å². The minimum absolute atomic E-state index is 0.0130. The van der Waals surface area contributed by atoms with E-state index in [9.17, 15) is 4.79 Å². The Hall–Kier alpha value is -1.60. The van der Waals surface area contributed by atoms with Crippen LogP contribution in [0.3, 0.4) is 0 Å². The largest absolute Gasteiger partial charge is 0.360 e. The molecule has 7 heteroatoms.